The van der Waals surface area contributed by atoms with Gasteiger partial charge < -0.3 is 10.6 Å². The van der Waals surface area contributed by atoms with Crippen LogP contribution < -0.4 is 10.6 Å². The molecule has 4 nitrogen and oxygen atoms in total. The minimum absolute atomic E-state index is 0.140. The molecule has 0 fully saturated rings. The third-order valence-corrected chi connectivity index (χ3v) is 2.04. The van der Waals surface area contributed by atoms with Gasteiger partial charge >= 0.3 is 6.18 Å². The van der Waals surface area contributed by atoms with E-state index < -0.39 is 12.7 Å². The van der Waals surface area contributed by atoms with Crippen molar-refractivity contribution in [3.63, 3.8) is 0 Å². The Balaban J connectivity index is 4.24. The smallest absolute Gasteiger partial charge is 0.357 e. The summed E-state index contributed by atoms with van der Waals surface area (Å²) in [6.45, 7) is 8.31. The Bertz CT molecular complexity index is 282. The minimum Gasteiger partial charge on any atom is -0.357 e. The van der Waals surface area contributed by atoms with Crippen LogP contribution in [0.25, 0.3) is 0 Å². The van der Waals surface area contributed by atoms with E-state index >= 15 is 0 Å². The molecule has 0 heterocycles. The van der Waals surface area contributed by atoms with Crippen molar-refractivity contribution >= 4 is 5.96 Å². The maximum Gasteiger partial charge on any atom is 0.401 e. The zero-order valence-corrected chi connectivity index (χ0v) is 12.4. The van der Waals surface area contributed by atoms with Gasteiger partial charge in [0.25, 0.3) is 0 Å². The van der Waals surface area contributed by atoms with Gasteiger partial charge in [-0.1, -0.05) is 0 Å². The summed E-state index contributed by atoms with van der Waals surface area (Å²) >= 11 is 0. The van der Waals surface area contributed by atoms with Crippen LogP contribution in [0.3, 0.4) is 0 Å². The molecule has 0 saturated carbocycles. The van der Waals surface area contributed by atoms with E-state index in [4.69, 9.17) is 0 Å². The molecule has 0 spiro atoms. The van der Waals surface area contributed by atoms with E-state index in [9.17, 15) is 13.2 Å². The zero-order valence-electron chi connectivity index (χ0n) is 12.4. The van der Waals surface area contributed by atoms with Gasteiger partial charge in [0.1, 0.15) is 0 Å². The van der Waals surface area contributed by atoms with Crippen LogP contribution in [-0.4, -0.2) is 55.8 Å². The Morgan fingerprint density at radius 1 is 1.21 bits per heavy atom. The van der Waals surface area contributed by atoms with E-state index in [1.807, 2.05) is 27.7 Å². The predicted molar refractivity (Wildman–Crippen MR) is 72.4 cm³/mol. The maximum atomic E-state index is 12.1. The van der Waals surface area contributed by atoms with Crippen molar-refractivity contribution in [3.05, 3.63) is 0 Å². The lowest BCUT2D eigenvalue weighted by Crippen LogP contribution is -2.47. The maximum absolute atomic E-state index is 12.1. The number of alkyl halides is 3. The summed E-state index contributed by atoms with van der Waals surface area (Å²) in [5, 5.41) is 6.24. The highest BCUT2D eigenvalue weighted by Crippen LogP contribution is 2.15. The second-order valence-corrected chi connectivity index (χ2v) is 5.49. The van der Waals surface area contributed by atoms with Crippen LogP contribution >= 0.6 is 0 Å². The third-order valence-electron chi connectivity index (χ3n) is 2.04. The van der Waals surface area contributed by atoms with Gasteiger partial charge in [-0.05, 0) is 34.7 Å². The Hall–Kier alpha value is -0.980. The fourth-order valence-corrected chi connectivity index (χ4v) is 1.38. The molecule has 0 aliphatic heterocycles. The molecule has 0 atom stereocenters. The molecule has 0 saturated heterocycles. The molecular weight excluding hydrogens is 257 g/mol. The highest BCUT2D eigenvalue weighted by Gasteiger charge is 2.28. The van der Waals surface area contributed by atoms with Crippen molar-refractivity contribution in [2.75, 3.05) is 33.2 Å². The molecule has 19 heavy (non-hydrogen) atoms. The number of hydrogen-bond acceptors (Lipinski definition) is 2. The summed E-state index contributed by atoms with van der Waals surface area (Å²) < 4.78 is 36.4. The molecule has 0 aliphatic rings. The number of nitrogens with zero attached hydrogens (tertiary/aromatic N) is 2. The second-order valence-electron chi connectivity index (χ2n) is 5.49. The van der Waals surface area contributed by atoms with Gasteiger partial charge in [0.05, 0.1) is 13.1 Å². The molecule has 2 N–H and O–H groups in total. The topological polar surface area (TPSA) is 39.7 Å². The van der Waals surface area contributed by atoms with Crippen molar-refractivity contribution in [2.24, 2.45) is 4.99 Å². The molecule has 114 valence electrons. The first-order chi connectivity index (χ1) is 8.53. The van der Waals surface area contributed by atoms with Crippen LogP contribution in [0.4, 0.5) is 13.2 Å². The van der Waals surface area contributed by atoms with E-state index in [0.29, 0.717) is 19.0 Å². The summed E-state index contributed by atoms with van der Waals surface area (Å²) in [5.74, 6) is 0.621. The summed E-state index contributed by atoms with van der Waals surface area (Å²) in [6, 6.07) is 0. The van der Waals surface area contributed by atoms with E-state index in [2.05, 4.69) is 15.6 Å². The molecule has 0 radical (unpaired) electrons. The molecule has 0 rings (SSSR count). The van der Waals surface area contributed by atoms with E-state index in [1.165, 1.54) is 11.9 Å². The highest BCUT2D eigenvalue weighted by atomic mass is 19.4. The van der Waals surface area contributed by atoms with Crippen LogP contribution in [0.5, 0.6) is 0 Å². The van der Waals surface area contributed by atoms with Crippen molar-refractivity contribution < 1.29 is 13.2 Å². The van der Waals surface area contributed by atoms with E-state index in [0.717, 1.165) is 0 Å². The fraction of sp³-hybridized carbons (Fsp3) is 0.917. The lowest BCUT2D eigenvalue weighted by molar-refractivity contribution is -0.142. The van der Waals surface area contributed by atoms with Gasteiger partial charge in [-0.3, -0.25) is 9.89 Å². The largest absolute Gasteiger partial charge is 0.401 e. The zero-order chi connectivity index (χ0) is 15.1. The Morgan fingerprint density at radius 3 is 2.21 bits per heavy atom. The highest BCUT2D eigenvalue weighted by molar-refractivity contribution is 5.80. The molecule has 0 amide bonds. The van der Waals surface area contributed by atoms with Crippen LogP contribution in [0.1, 0.15) is 27.7 Å². The Labute approximate surface area is 113 Å². The average Bonchev–Trinajstić information content (AvgIpc) is 2.12. The fourth-order valence-electron chi connectivity index (χ4n) is 1.38. The standard InChI is InChI=1S/C12H25F3N4/c1-6-16-10(18-11(2,3)4)17-7-8-19(5)9-12(13,14)15/h6-9H2,1-5H3,(H2,16,17,18). The molecule has 0 bridgehead atoms. The van der Waals surface area contributed by atoms with Gasteiger partial charge in [0.15, 0.2) is 5.96 Å². The first-order valence-corrected chi connectivity index (χ1v) is 6.35. The Kier molecular flexibility index (Phi) is 7.18. The summed E-state index contributed by atoms with van der Waals surface area (Å²) in [7, 11) is 1.44. The molecule has 0 aromatic rings. The van der Waals surface area contributed by atoms with Crippen LogP contribution in [0.15, 0.2) is 4.99 Å². The molecule has 0 aromatic carbocycles. The summed E-state index contributed by atoms with van der Waals surface area (Å²) in [4.78, 5) is 5.47. The van der Waals surface area contributed by atoms with Crippen molar-refractivity contribution in [1.82, 2.24) is 15.5 Å². The monoisotopic (exact) mass is 282 g/mol. The molecule has 0 unspecified atom stereocenters. The van der Waals surface area contributed by atoms with Crippen LogP contribution in [0, 0.1) is 0 Å². The first kappa shape index (κ1) is 18.0. The SMILES string of the molecule is CCNC(=NCCN(C)CC(F)(F)F)NC(C)(C)C. The van der Waals surface area contributed by atoms with Gasteiger partial charge in [-0.25, -0.2) is 0 Å². The lowest BCUT2D eigenvalue weighted by Gasteiger charge is -2.24. The first-order valence-electron chi connectivity index (χ1n) is 6.35. The lowest BCUT2D eigenvalue weighted by atomic mass is 10.1. The average molecular weight is 282 g/mol. The number of nitrogens with one attached hydrogen (secondary N) is 2. The van der Waals surface area contributed by atoms with Crippen LogP contribution in [-0.2, 0) is 0 Å². The second kappa shape index (κ2) is 7.57. The molecule has 7 heteroatoms. The number of likely N-dealkylation sites (N-methyl/N-ethyl adjacent to an activating group) is 1. The van der Waals surface area contributed by atoms with Gasteiger partial charge in [-0.15, -0.1) is 0 Å². The minimum atomic E-state index is -4.16. The predicted octanol–water partition coefficient (Wildman–Crippen LogP) is 1.83. The number of halogens is 3. The number of rotatable bonds is 5. The molecule has 0 aromatic heterocycles. The van der Waals surface area contributed by atoms with Gasteiger partial charge in [0, 0.05) is 18.6 Å². The quantitative estimate of drug-likeness (QED) is 0.597. The molecular formula is C12H25F3N4. The van der Waals surface area contributed by atoms with Gasteiger partial charge in [-0.2, -0.15) is 13.2 Å². The number of aliphatic imine (C=N–C) groups is 1. The number of guanidine groups is 1. The number of hydrogen-bond donors (Lipinski definition) is 2. The summed E-state index contributed by atoms with van der Waals surface area (Å²) in [6.07, 6.45) is -4.16. The van der Waals surface area contributed by atoms with Gasteiger partial charge in [0.2, 0.25) is 0 Å². The van der Waals surface area contributed by atoms with Crippen molar-refractivity contribution in [3.8, 4) is 0 Å². The van der Waals surface area contributed by atoms with Crippen molar-refractivity contribution in [2.45, 2.75) is 39.4 Å². The summed E-state index contributed by atoms with van der Waals surface area (Å²) in [5.41, 5.74) is -0.140. The third kappa shape index (κ3) is 11.8. The normalized spacial score (nSPS) is 13.8. The Morgan fingerprint density at radius 2 is 1.79 bits per heavy atom. The van der Waals surface area contributed by atoms with Crippen molar-refractivity contribution in [1.29, 1.82) is 0 Å². The van der Waals surface area contributed by atoms with Crippen LogP contribution in [0.2, 0.25) is 0 Å². The molecule has 0 aliphatic carbocycles. The van der Waals surface area contributed by atoms with E-state index in [1.54, 1.807) is 0 Å². The van der Waals surface area contributed by atoms with E-state index in [-0.39, 0.29) is 12.1 Å².